The molecule has 0 saturated carbocycles. The average Bonchev–Trinajstić information content (AvgIpc) is 2.57. The summed E-state index contributed by atoms with van der Waals surface area (Å²) in [7, 11) is 0. The van der Waals surface area contributed by atoms with Crippen molar-refractivity contribution >= 4 is 21.6 Å². The van der Waals surface area contributed by atoms with Crippen LogP contribution in [-0.2, 0) is 0 Å². The fourth-order valence-corrected chi connectivity index (χ4v) is 1.67. The molecule has 0 fully saturated rings. The Morgan fingerprint density at radius 2 is 2.21 bits per heavy atom. The lowest BCUT2D eigenvalue weighted by Crippen LogP contribution is -1.88. The SMILES string of the molecule is Cc1c(Br)cccc1-c1oncc1N. The van der Waals surface area contributed by atoms with E-state index in [4.69, 9.17) is 10.3 Å². The maximum atomic E-state index is 5.72. The van der Waals surface area contributed by atoms with Crippen molar-refractivity contribution in [3.05, 3.63) is 34.4 Å². The van der Waals surface area contributed by atoms with Gasteiger partial charge in [0.1, 0.15) is 5.69 Å². The minimum atomic E-state index is 0.561. The van der Waals surface area contributed by atoms with Gasteiger partial charge in [0, 0.05) is 10.0 Å². The predicted octanol–water partition coefficient (Wildman–Crippen LogP) is 2.99. The van der Waals surface area contributed by atoms with E-state index in [-0.39, 0.29) is 0 Å². The Morgan fingerprint density at radius 1 is 1.43 bits per heavy atom. The first-order chi connectivity index (χ1) is 6.70. The van der Waals surface area contributed by atoms with Gasteiger partial charge in [-0.1, -0.05) is 33.2 Å². The molecule has 1 aromatic carbocycles. The second-order valence-corrected chi connectivity index (χ2v) is 3.88. The summed E-state index contributed by atoms with van der Waals surface area (Å²) in [6.45, 7) is 2.00. The lowest BCUT2D eigenvalue weighted by molar-refractivity contribution is 0.432. The summed E-state index contributed by atoms with van der Waals surface area (Å²) in [5, 5.41) is 3.65. The molecule has 1 aromatic heterocycles. The lowest BCUT2D eigenvalue weighted by atomic mass is 10.1. The van der Waals surface area contributed by atoms with E-state index in [0.717, 1.165) is 15.6 Å². The van der Waals surface area contributed by atoms with E-state index >= 15 is 0 Å². The van der Waals surface area contributed by atoms with Crippen molar-refractivity contribution in [3.63, 3.8) is 0 Å². The fourth-order valence-electron chi connectivity index (χ4n) is 1.31. The van der Waals surface area contributed by atoms with E-state index in [0.29, 0.717) is 11.4 Å². The third kappa shape index (κ3) is 1.42. The second kappa shape index (κ2) is 3.46. The third-order valence-corrected chi connectivity index (χ3v) is 2.97. The van der Waals surface area contributed by atoms with E-state index in [1.54, 1.807) is 0 Å². The van der Waals surface area contributed by atoms with Crippen LogP contribution in [0.4, 0.5) is 5.69 Å². The van der Waals surface area contributed by atoms with Crippen molar-refractivity contribution in [1.29, 1.82) is 0 Å². The van der Waals surface area contributed by atoms with E-state index < -0.39 is 0 Å². The largest absolute Gasteiger partial charge is 0.394 e. The average molecular weight is 253 g/mol. The Labute approximate surface area is 90.0 Å². The van der Waals surface area contributed by atoms with Gasteiger partial charge in [0.15, 0.2) is 5.76 Å². The monoisotopic (exact) mass is 252 g/mol. The predicted molar refractivity (Wildman–Crippen MR) is 58.8 cm³/mol. The number of nitrogens with zero attached hydrogens (tertiary/aromatic N) is 1. The van der Waals surface area contributed by atoms with Gasteiger partial charge in [-0.15, -0.1) is 0 Å². The highest BCUT2D eigenvalue weighted by Gasteiger charge is 2.11. The molecule has 14 heavy (non-hydrogen) atoms. The molecule has 4 heteroatoms. The van der Waals surface area contributed by atoms with Gasteiger partial charge in [0.05, 0.1) is 6.20 Å². The summed E-state index contributed by atoms with van der Waals surface area (Å²) in [6, 6.07) is 5.87. The topological polar surface area (TPSA) is 52.0 Å². The number of benzene rings is 1. The maximum Gasteiger partial charge on any atom is 0.190 e. The van der Waals surface area contributed by atoms with Crippen LogP contribution in [0.3, 0.4) is 0 Å². The zero-order valence-corrected chi connectivity index (χ0v) is 9.21. The number of hydrogen-bond acceptors (Lipinski definition) is 3. The zero-order valence-electron chi connectivity index (χ0n) is 7.62. The Hall–Kier alpha value is -1.29. The summed E-state index contributed by atoms with van der Waals surface area (Å²) in [5.74, 6) is 0.629. The van der Waals surface area contributed by atoms with Gasteiger partial charge in [0.2, 0.25) is 0 Å². The molecule has 0 radical (unpaired) electrons. The molecule has 0 saturated heterocycles. The van der Waals surface area contributed by atoms with Gasteiger partial charge in [-0.2, -0.15) is 0 Å². The van der Waals surface area contributed by atoms with Crippen LogP contribution in [0.5, 0.6) is 0 Å². The van der Waals surface area contributed by atoms with Gasteiger partial charge in [0.25, 0.3) is 0 Å². The van der Waals surface area contributed by atoms with Gasteiger partial charge in [-0.25, -0.2) is 0 Å². The molecule has 0 spiro atoms. The van der Waals surface area contributed by atoms with Crippen LogP contribution in [0.25, 0.3) is 11.3 Å². The van der Waals surface area contributed by atoms with Crippen LogP contribution < -0.4 is 5.73 Å². The van der Waals surface area contributed by atoms with Crippen molar-refractivity contribution < 1.29 is 4.52 Å². The van der Waals surface area contributed by atoms with Crippen LogP contribution in [-0.4, -0.2) is 5.16 Å². The van der Waals surface area contributed by atoms with Crippen molar-refractivity contribution in [3.8, 4) is 11.3 Å². The van der Waals surface area contributed by atoms with Crippen molar-refractivity contribution in [1.82, 2.24) is 5.16 Å². The normalized spacial score (nSPS) is 10.4. The second-order valence-electron chi connectivity index (χ2n) is 3.02. The van der Waals surface area contributed by atoms with Crippen molar-refractivity contribution in [2.24, 2.45) is 0 Å². The van der Waals surface area contributed by atoms with Crippen molar-refractivity contribution in [2.45, 2.75) is 6.92 Å². The molecule has 0 atom stereocenters. The number of rotatable bonds is 1. The first-order valence-electron chi connectivity index (χ1n) is 4.16. The molecule has 0 aliphatic carbocycles. The van der Waals surface area contributed by atoms with Gasteiger partial charge >= 0.3 is 0 Å². The van der Waals surface area contributed by atoms with Crippen LogP contribution in [0.15, 0.2) is 33.4 Å². The highest BCUT2D eigenvalue weighted by atomic mass is 79.9. The molecule has 1 heterocycles. The number of halogens is 1. The van der Waals surface area contributed by atoms with Crippen LogP contribution in [0.1, 0.15) is 5.56 Å². The molecule has 0 unspecified atom stereocenters. The number of aromatic nitrogens is 1. The molecule has 2 aromatic rings. The zero-order chi connectivity index (χ0) is 10.1. The van der Waals surface area contributed by atoms with Crippen LogP contribution >= 0.6 is 15.9 Å². The van der Waals surface area contributed by atoms with E-state index in [1.807, 2.05) is 25.1 Å². The first-order valence-corrected chi connectivity index (χ1v) is 4.95. The highest BCUT2D eigenvalue weighted by Crippen LogP contribution is 2.31. The molecular formula is C10H9BrN2O. The van der Waals surface area contributed by atoms with E-state index in [9.17, 15) is 0 Å². The summed E-state index contributed by atoms with van der Waals surface area (Å²) in [5.41, 5.74) is 8.34. The number of hydrogen-bond donors (Lipinski definition) is 1. The fraction of sp³-hybridized carbons (Fsp3) is 0.100. The van der Waals surface area contributed by atoms with Crippen LogP contribution in [0, 0.1) is 6.92 Å². The minimum absolute atomic E-state index is 0.561. The molecule has 3 nitrogen and oxygen atoms in total. The van der Waals surface area contributed by atoms with Gasteiger partial charge in [-0.3, -0.25) is 0 Å². The molecule has 0 aliphatic rings. The quantitative estimate of drug-likeness (QED) is 0.849. The molecule has 0 bridgehead atoms. The lowest BCUT2D eigenvalue weighted by Gasteiger charge is -2.04. The maximum absolute atomic E-state index is 5.72. The highest BCUT2D eigenvalue weighted by molar-refractivity contribution is 9.10. The molecule has 72 valence electrons. The molecule has 2 N–H and O–H groups in total. The molecule has 0 amide bonds. The summed E-state index contributed by atoms with van der Waals surface area (Å²) >= 11 is 3.45. The summed E-state index contributed by atoms with van der Waals surface area (Å²) in [6.07, 6.45) is 1.51. The van der Waals surface area contributed by atoms with E-state index in [1.165, 1.54) is 6.20 Å². The number of anilines is 1. The Morgan fingerprint density at radius 3 is 2.86 bits per heavy atom. The minimum Gasteiger partial charge on any atom is -0.394 e. The standard InChI is InChI=1S/C10H9BrN2O/c1-6-7(3-2-4-8(6)11)10-9(12)5-13-14-10/h2-5H,12H2,1H3. The number of nitrogens with two attached hydrogens (primary N) is 1. The molecule has 2 rings (SSSR count). The van der Waals surface area contributed by atoms with Crippen molar-refractivity contribution in [2.75, 3.05) is 5.73 Å². The Balaban J connectivity index is 2.63. The summed E-state index contributed by atoms with van der Waals surface area (Å²) < 4.78 is 6.12. The summed E-state index contributed by atoms with van der Waals surface area (Å²) in [4.78, 5) is 0. The first kappa shape index (κ1) is 9.27. The smallest absolute Gasteiger partial charge is 0.190 e. The van der Waals surface area contributed by atoms with Gasteiger partial charge < -0.3 is 10.3 Å². The molecular weight excluding hydrogens is 244 g/mol. The van der Waals surface area contributed by atoms with Gasteiger partial charge in [-0.05, 0) is 18.6 Å². The van der Waals surface area contributed by atoms with E-state index in [2.05, 4.69) is 21.1 Å². The molecule has 0 aliphatic heterocycles. The van der Waals surface area contributed by atoms with Crippen LogP contribution in [0.2, 0.25) is 0 Å². The Kier molecular flexibility index (Phi) is 2.29. The Bertz CT molecular complexity index is 465. The third-order valence-electron chi connectivity index (χ3n) is 2.11. The number of nitrogen functional groups attached to an aromatic ring is 1.